The summed E-state index contributed by atoms with van der Waals surface area (Å²) >= 11 is 0. The molecule has 1 aliphatic rings. The fourth-order valence-corrected chi connectivity index (χ4v) is 1.45. The minimum atomic E-state index is 0.619. The summed E-state index contributed by atoms with van der Waals surface area (Å²) in [5.41, 5.74) is 2.79. The molecular weight excluding hydrogens is 204 g/mol. The summed E-state index contributed by atoms with van der Waals surface area (Å²) in [7, 11) is 3.17. The minimum Gasteiger partial charge on any atom is -0.493 e. The van der Waals surface area contributed by atoms with E-state index in [-0.39, 0.29) is 0 Å². The number of rotatable bonds is 3. The van der Waals surface area contributed by atoms with E-state index in [1.54, 1.807) is 20.3 Å². The molecule has 0 bridgehead atoms. The molecule has 0 amide bonds. The first-order valence-corrected chi connectivity index (χ1v) is 4.90. The molecule has 4 heteroatoms. The number of nitrogens with one attached hydrogen (secondary N) is 1. The highest BCUT2D eigenvalue weighted by Gasteiger charge is 2.17. The molecule has 0 aromatic carbocycles. The lowest BCUT2D eigenvalue weighted by atomic mass is 9.99. The van der Waals surface area contributed by atoms with Crippen LogP contribution in [0.3, 0.4) is 0 Å². The third kappa shape index (κ3) is 2.39. The van der Waals surface area contributed by atoms with Gasteiger partial charge < -0.3 is 9.47 Å². The van der Waals surface area contributed by atoms with Crippen molar-refractivity contribution in [3.05, 3.63) is 34.8 Å². The fourth-order valence-electron chi connectivity index (χ4n) is 1.45. The first-order chi connectivity index (χ1) is 7.63. The van der Waals surface area contributed by atoms with Crippen LogP contribution in [0.4, 0.5) is 0 Å². The third-order valence-electron chi connectivity index (χ3n) is 2.24. The van der Waals surface area contributed by atoms with E-state index >= 15 is 0 Å². The van der Waals surface area contributed by atoms with E-state index in [2.05, 4.69) is 4.99 Å². The molecular formula is C12H16N2O2. The van der Waals surface area contributed by atoms with Crippen LogP contribution in [-0.2, 0) is 9.47 Å². The normalized spacial score (nSPS) is 17.8. The molecule has 0 unspecified atom stereocenters. The van der Waals surface area contributed by atoms with Crippen molar-refractivity contribution in [1.29, 1.82) is 5.41 Å². The first kappa shape index (κ1) is 12.2. The molecule has 1 rings (SSSR count). The number of hydrogen-bond donors (Lipinski definition) is 1. The van der Waals surface area contributed by atoms with E-state index in [0.717, 1.165) is 17.5 Å². The van der Waals surface area contributed by atoms with Gasteiger partial charge in [-0.1, -0.05) is 5.57 Å². The quantitative estimate of drug-likeness (QED) is 0.586. The second kappa shape index (κ2) is 5.30. The number of allylic oxidation sites excluding steroid dienone is 4. The van der Waals surface area contributed by atoms with Crippen LogP contribution in [0.2, 0.25) is 0 Å². The zero-order valence-electron chi connectivity index (χ0n) is 10.00. The average Bonchev–Trinajstić information content (AvgIpc) is 2.28. The standard InChI is InChI=1S/C12H16N2O2/c1-8(2)9-5-11(15-3)12(16-4)6-10(9)14-7-13/h5-7,13H,1-4H3/b13-7?,14-10-. The summed E-state index contributed by atoms with van der Waals surface area (Å²) in [6.07, 6.45) is 4.66. The van der Waals surface area contributed by atoms with Crippen LogP contribution in [0.25, 0.3) is 0 Å². The number of methoxy groups -OCH3 is 2. The average molecular weight is 220 g/mol. The van der Waals surface area contributed by atoms with Crippen LogP contribution < -0.4 is 0 Å². The molecule has 0 saturated carbocycles. The highest BCUT2D eigenvalue weighted by atomic mass is 16.5. The topological polar surface area (TPSA) is 54.7 Å². The molecule has 0 aromatic heterocycles. The van der Waals surface area contributed by atoms with Crippen LogP contribution >= 0.6 is 0 Å². The van der Waals surface area contributed by atoms with Crippen LogP contribution in [0.15, 0.2) is 39.8 Å². The maximum atomic E-state index is 7.03. The number of aliphatic imine (C=N–C) groups is 1. The largest absolute Gasteiger partial charge is 0.493 e. The monoisotopic (exact) mass is 220 g/mol. The summed E-state index contributed by atoms with van der Waals surface area (Å²) < 4.78 is 10.4. The predicted octanol–water partition coefficient (Wildman–Crippen LogP) is 2.45. The minimum absolute atomic E-state index is 0.619. The molecule has 1 aliphatic carbocycles. The van der Waals surface area contributed by atoms with Gasteiger partial charge in [-0.25, -0.2) is 4.99 Å². The summed E-state index contributed by atoms with van der Waals surface area (Å²) in [6, 6.07) is 0. The van der Waals surface area contributed by atoms with Gasteiger partial charge in [0, 0.05) is 11.6 Å². The molecule has 0 saturated heterocycles. The van der Waals surface area contributed by atoms with Gasteiger partial charge in [-0.2, -0.15) is 0 Å². The maximum Gasteiger partial charge on any atom is 0.162 e. The Balaban J connectivity index is 3.29. The Morgan fingerprint density at radius 3 is 2.19 bits per heavy atom. The van der Waals surface area contributed by atoms with Crippen molar-refractivity contribution >= 4 is 12.1 Å². The Hall–Kier alpha value is -1.84. The molecule has 0 fully saturated rings. The van der Waals surface area contributed by atoms with E-state index in [0.29, 0.717) is 17.2 Å². The lowest BCUT2D eigenvalue weighted by Crippen LogP contribution is -2.11. The first-order valence-electron chi connectivity index (χ1n) is 4.90. The van der Waals surface area contributed by atoms with Crippen LogP contribution in [-0.4, -0.2) is 26.3 Å². The van der Waals surface area contributed by atoms with E-state index < -0.39 is 0 Å². The SMILES string of the molecule is COC1=CC(=C(C)C)/C(=N\C=N)C=C1OC. The van der Waals surface area contributed by atoms with Crippen LogP contribution in [0.5, 0.6) is 0 Å². The highest BCUT2D eigenvalue weighted by Crippen LogP contribution is 2.24. The lowest BCUT2D eigenvalue weighted by Gasteiger charge is -2.17. The smallest absolute Gasteiger partial charge is 0.162 e. The van der Waals surface area contributed by atoms with Gasteiger partial charge in [0.1, 0.15) is 6.34 Å². The van der Waals surface area contributed by atoms with Crippen molar-refractivity contribution in [1.82, 2.24) is 0 Å². The Morgan fingerprint density at radius 2 is 1.75 bits per heavy atom. The fraction of sp³-hybridized carbons (Fsp3) is 0.333. The van der Waals surface area contributed by atoms with Crippen molar-refractivity contribution in [3.63, 3.8) is 0 Å². The van der Waals surface area contributed by atoms with E-state index in [1.807, 2.05) is 19.9 Å². The zero-order chi connectivity index (χ0) is 12.1. The summed E-state index contributed by atoms with van der Waals surface area (Å²) in [4.78, 5) is 4.00. The molecule has 1 N–H and O–H groups in total. The number of hydrogen-bond acceptors (Lipinski definition) is 3. The molecule has 86 valence electrons. The van der Waals surface area contributed by atoms with Gasteiger partial charge in [0.15, 0.2) is 11.5 Å². The van der Waals surface area contributed by atoms with Gasteiger partial charge in [-0.05, 0) is 19.9 Å². The maximum absolute atomic E-state index is 7.03. The Kier molecular flexibility index (Phi) is 4.05. The Bertz CT molecular complexity index is 411. The molecule has 0 radical (unpaired) electrons. The van der Waals surface area contributed by atoms with Gasteiger partial charge in [-0.15, -0.1) is 0 Å². The van der Waals surface area contributed by atoms with E-state index in [1.165, 1.54) is 0 Å². The molecule has 0 heterocycles. The van der Waals surface area contributed by atoms with Crippen molar-refractivity contribution in [2.45, 2.75) is 13.8 Å². The number of nitrogens with zero attached hydrogens (tertiary/aromatic N) is 1. The van der Waals surface area contributed by atoms with Gasteiger partial charge in [-0.3, -0.25) is 5.41 Å². The van der Waals surface area contributed by atoms with Crippen molar-refractivity contribution in [3.8, 4) is 0 Å². The lowest BCUT2D eigenvalue weighted by molar-refractivity contribution is 0.220. The zero-order valence-corrected chi connectivity index (χ0v) is 10.00. The predicted molar refractivity (Wildman–Crippen MR) is 64.8 cm³/mol. The van der Waals surface area contributed by atoms with Gasteiger partial charge in [0.2, 0.25) is 0 Å². The van der Waals surface area contributed by atoms with Crippen LogP contribution in [0.1, 0.15) is 13.8 Å². The molecule has 0 aliphatic heterocycles. The second-order valence-corrected chi connectivity index (χ2v) is 3.48. The molecule has 0 spiro atoms. The van der Waals surface area contributed by atoms with Crippen molar-refractivity contribution < 1.29 is 9.47 Å². The van der Waals surface area contributed by atoms with Crippen molar-refractivity contribution in [2.75, 3.05) is 14.2 Å². The number of ether oxygens (including phenoxy) is 2. The Morgan fingerprint density at radius 1 is 1.19 bits per heavy atom. The molecule has 0 atom stereocenters. The molecule has 0 aromatic rings. The van der Waals surface area contributed by atoms with Gasteiger partial charge in [0.25, 0.3) is 0 Å². The van der Waals surface area contributed by atoms with E-state index in [4.69, 9.17) is 14.9 Å². The third-order valence-corrected chi connectivity index (χ3v) is 2.24. The van der Waals surface area contributed by atoms with Gasteiger partial charge >= 0.3 is 0 Å². The Labute approximate surface area is 95.5 Å². The van der Waals surface area contributed by atoms with E-state index in [9.17, 15) is 0 Å². The molecule has 16 heavy (non-hydrogen) atoms. The van der Waals surface area contributed by atoms with Crippen LogP contribution in [0, 0.1) is 5.41 Å². The second-order valence-electron chi connectivity index (χ2n) is 3.48. The summed E-state index contributed by atoms with van der Waals surface area (Å²) in [6.45, 7) is 3.98. The van der Waals surface area contributed by atoms with Gasteiger partial charge in [0.05, 0.1) is 19.9 Å². The van der Waals surface area contributed by atoms with Crippen molar-refractivity contribution in [2.24, 2.45) is 4.99 Å². The summed E-state index contributed by atoms with van der Waals surface area (Å²) in [5, 5.41) is 7.03. The summed E-state index contributed by atoms with van der Waals surface area (Å²) in [5.74, 6) is 1.29. The molecule has 4 nitrogen and oxygen atoms in total. The highest BCUT2D eigenvalue weighted by molar-refractivity contribution is 6.14.